The highest BCUT2D eigenvalue weighted by Crippen LogP contribution is 2.23. The maximum atomic E-state index is 12.5. The molecule has 2 aromatic rings. The van der Waals surface area contributed by atoms with E-state index in [2.05, 4.69) is 29.5 Å². The summed E-state index contributed by atoms with van der Waals surface area (Å²) in [6.45, 7) is 3.94. The Labute approximate surface area is 182 Å². The molecule has 0 bridgehead atoms. The van der Waals surface area contributed by atoms with Crippen LogP contribution >= 0.6 is 0 Å². The smallest absolute Gasteiger partial charge is 0.260 e. The van der Waals surface area contributed by atoms with Crippen molar-refractivity contribution in [3.05, 3.63) is 54.4 Å². The summed E-state index contributed by atoms with van der Waals surface area (Å²) in [4.78, 5) is 42.5. The molecule has 2 atom stereocenters. The van der Waals surface area contributed by atoms with E-state index in [1.54, 1.807) is 42.6 Å². The number of amides is 3. The molecule has 0 saturated carbocycles. The summed E-state index contributed by atoms with van der Waals surface area (Å²) in [5.74, 6) is -0.237. The van der Waals surface area contributed by atoms with Crippen molar-refractivity contribution in [2.75, 3.05) is 18.5 Å². The van der Waals surface area contributed by atoms with Gasteiger partial charge in [0.15, 0.2) is 6.61 Å². The molecule has 0 aliphatic carbocycles. The molecule has 1 saturated heterocycles. The number of carbonyl (C=O) groups excluding carboxylic acids is 3. The number of aromatic nitrogens is 1. The summed E-state index contributed by atoms with van der Waals surface area (Å²) in [7, 11) is 0. The predicted molar refractivity (Wildman–Crippen MR) is 117 cm³/mol. The maximum absolute atomic E-state index is 12.5. The van der Waals surface area contributed by atoms with Crippen LogP contribution in [0, 0.1) is 0 Å². The van der Waals surface area contributed by atoms with Crippen LogP contribution in [-0.4, -0.2) is 52.8 Å². The van der Waals surface area contributed by atoms with Gasteiger partial charge in [0.05, 0.1) is 18.4 Å². The van der Waals surface area contributed by atoms with E-state index in [4.69, 9.17) is 4.74 Å². The molecule has 3 amide bonds. The third-order valence-corrected chi connectivity index (χ3v) is 5.32. The van der Waals surface area contributed by atoms with Crippen molar-refractivity contribution in [3.8, 4) is 5.75 Å². The van der Waals surface area contributed by atoms with Crippen molar-refractivity contribution in [1.82, 2.24) is 15.2 Å². The third-order valence-electron chi connectivity index (χ3n) is 5.32. The summed E-state index contributed by atoms with van der Waals surface area (Å²) in [5.41, 5.74) is 0.956. The Morgan fingerprint density at radius 3 is 2.45 bits per heavy atom. The first-order valence-electron chi connectivity index (χ1n) is 10.5. The largest absolute Gasteiger partial charge is 0.484 e. The molecule has 1 aliphatic rings. The Hall–Kier alpha value is -3.42. The van der Waals surface area contributed by atoms with Gasteiger partial charge in [-0.15, -0.1) is 0 Å². The van der Waals surface area contributed by atoms with Gasteiger partial charge < -0.3 is 20.3 Å². The molecule has 8 nitrogen and oxygen atoms in total. The summed E-state index contributed by atoms with van der Waals surface area (Å²) >= 11 is 0. The molecule has 31 heavy (non-hydrogen) atoms. The number of pyridine rings is 1. The Morgan fingerprint density at radius 2 is 1.81 bits per heavy atom. The van der Waals surface area contributed by atoms with E-state index in [0.717, 1.165) is 19.3 Å². The molecule has 0 radical (unpaired) electrons. The first kappa shape index (κ1) is 22.3. The number of nitrogens with zero attached hydrogens (tertiary/aromatic N) is 2. The van der Waals surface area contributed by atoms with Crippen molar-refractivity contribution < 1.29 is 19.1 Å². The Balaban J connectivity index is 1.45. The highest BCUT2D eigenvalue weighted by atomic mass is 16.5. The van der Waals surface area contributed by atoms with E-state index >= 15 is 0 Å². The van der Waals surface area contributed by atoms with E-state index in [1.165, 1.54) is 6.20 Å². The van der Waals surface area contributed by atoms with E-state index in [1.807, 2.05) is 4.90 Å². The highest BCUT2D eigenvalue weighted by Gasteiger charge is 2.28. The number of hydrogen-bond acceptors (Lipinski definition) is 5. The van der Waals surface area contributed by atoms with Gasteiger partial charge in [0.1, 0.15) is 5.75 Å². The maximum Gasteiger partial charge on any atom is 0.260 e. The van der Waals surface area contributed by atoms with Gasteiger partial charge in [-0.2, -0.15) is 0 Å². The van der Waals surface area contributed by atoms with Gasteiger partial charge in [0.25, 0.3) is 11.8 Å². The lowest BCUT2D eigenvalue weighted by Gasteiger charge is -2.38. The van der Waals surface area contributed by atoms with E-state index in [-0.39, 0.29) is 43.0 Å². The summed E-state index contributed by atoms with van der Waals surface area (Å²) in [6.07, 6.45) is 6.30. The minimum atomic E-state index is -0.375. The van der Waals surface area contributed by atoms with Crippen molar-refractivity contribution in [2.24, 2.45) is 0 Å². The van der Waals surface area contributed by atoms with Crippen LogP contribution in [-0.2, 0) is 9.59 Å². The molecule has 164 valence electrons. The number of hydrogen-bond donors (Lipinski definition) is 2. The number of likely N-dealkylation sites (tertiary alicyclic amines) is 1. The number of rotatable bonds is 7. The SMILES string of the molecule is CC1CCCC(C)N1C(=O)COc1ccc(C(=O)NCC(=O)Nc2cccnc2)cc1. The Bertz CT molecular complexity index is 892. The predicted octanol–water partition coefficient (Wildman–Crippen LogP) is 2.62. The molecular weight excluding hydrogens is 396 g/mol. The topological polar surface area (TPSA) is 101 Å². The van der Waals surface area contributed by atoms with E-state index in [9.17, 15) is 14.4 Å². The number of carbonyl (C=O) groups is 3. The van der Waals surface area contributed by atoms with Crippen LogP contribution in [0.25, 0.3) is 0 Å². The number of ether oxygens (including phenoxy) is 1. The third kappa shape index (κ3) is 6.28. The van der Waals surface area contributed by atoms with Crippen LogP contribution in [0.15, 0.2) is 48.8 Å². The van der Waals surface area contributed by atoms with Crippen molar-refractivity contribution in [2.45, 2.75) is 45.2 Å². The molecule has 2 unspecified atom stereocenters. The molecule has 1 aromatic heterocycles. The normalized spacial score (nSPS) is 18.2. The molecular formula is C23H28N4O4. The second-order valence-corrected chi connectivity index (χ2v) is 7.72. The van der Waals surface area contributed by atoms with E-state index in [0.29, 0.717) is 17.0 Å². The van der Waals surface area contributed by atoms with Crippen LogP contribution in [0.4, 0.5) is 5.69 Å². The quantitative estimate of drug-likeness (QED) is 0.712. The van der Waals surface area contributed by atoms with Crippen LogP contribution in [0.1, 0.15) is 43.5 Å². The highest BCUT2D eigenvalue weighted by molar-refractivity contribution is 5.99. The van der Waals surface area contributed by atoms with Gasteiger partial charge in [-0.25, -0.2) is 0 Å². The minimum absolute atomic E-state index is 0.0267. The fourth-order valence-electron chi connectivity index (χ4n) is 3.74. The Kier molecular flexibility index (Phi) is 7.59. The number of benzene rings is 1. The molecule has 1 aliphatic heterocycles. The average molecular weight is 425 g/mol. The summed E-state index contributed by atoms with van der Waals surface area (Å²) in [5, 5.41) is 5.21. The molecule has 1 fully saturated rings. The zero-order valence-electron chi connectivity index (χ0n) is 17.8. The van der Waals surface area contributed by atoms with Crippen LogP contribution in [0.5, 0.6) is 5.75 Å². The number of nitrogens with one attached hydrogen (secondary N) is 2. The molecule has 0 spiro atoms. The standard InChI is InChI=1S/C23H28N4O4/c1-16-5-3-6-17(2)27(16)22(29)15-31-20-10-8-18(9-11-20)23(30)25-14-21(28)26-19-7-4-12-24-13-19/h4,7-13,16-17H,3,5-6,14-15H2,1-2H3,(H,25,30)(H,26,28). The van der Waals surface area contributed by atoms with E-state index < -0.39 is 0 Å². The first-order chi connectivity index (χ1) is 14.9. The minimum Gasteiger partial charge on any atom is -0.484 e. The lowest BCUT2D eigenvalue weighted by molar-refractivity contribution is -0.139. The van der Waals surface area contributed by atoms with Crippen molar-refractivity contribution in [1.29, 1.82) is 0 Å². The molecule has 3 rings (SSSR count). The molecule has 2 N–H and O–H groups in total. The fraction of sp³-hybridized carbons (Fsp3) is 0.391. The van der Waals surface area contributed by atoms with Gasteiger partial charge in [-0.05, 0) is 69.5 Å². The summed E-state index contributed by atoms with van der Waals surface area (Å²) in [6, 6.07) is 10.3. The van der Waals surface area contributed by atoms with Gasteiger partial charge in [0, 0.05) is 23.8 Å². The zero-order chi connectivity index (χ0) is 22.2. The number of anilines is 1. The van der Waals surface area contributed by atoms with Gasteiger partial charge >= 0.3 is 0 Å². The van der Waals surface area contributed by atoms with Gasteiger partial charge in [-0.1, -0.05) is 0 Å². The molecule has 2 heterocycles. The molecule has 1 aromatic carbocycles. The van der Waals surface area contributed by atoms with Crippen LogP contribution in [0.2, 0.25) is 0 Å². The average Bonchev–Trinajstić information content (AvgIpc) is 2.77. The van der Waals surface area contributed by atoms with Crippen molar-refractivity contribution in [3.63, 3.8) is 0 Å². The lowest BCUT2D eigenvalue weighted by atomic mass is 9.97. The Morgan fingerprint density at radius 1 is 1.10 bits per heavy atom. The summed E-state index contributed by atoms with van der Waals surface area (Å²) < 4.78 is 5.62. The van der Waals surface area contributed by atoms with Gasteiger partial charge in [-0.3, -0.25) is 19.4 Å². The van der Waals surface area contributed by atoms with Gasteiger partial charge in [0.2, 0.25) is 5.91 Å². The number of piperidine rings is 1. The lowest BCUT2D eigenvalue weighted by Crippen LogP contribution is -2.49. The zero-order valence-corrected chi connectivity index (χ0v) is 17.8. The van der Waals surface area contributed by atoms with Crippen LogP contribution in [0.3, 0.4) is 0 Å². The molecule has 8 heteroatoms. The second-order valence-electron chi connectivity index (χ2n) is 7.72. The second kappa shape index (κ2) is 10.6. The first-order valence-corrected chi connectivity index (χ1v) is 10.5. The van der Waals surface area contributed by atoms with Crippen molar-refractivity contribution >= 4 is 23.4 Å². The van der Waals surface area contributed by atoms with Crippen LogP contribution < -0.4 is 15.4 Å². The monoisotopic (exact) mass is 424 g/mol. The fourth-order valence-corrected chi connectivity index (χ4v) is 3.74.